The molecule has 1 N–H and O–H groups in total. The van der Waals surface area contributed by atoms with E-state index in [1.54, 1.807) is 47.7 Å². The number of carbonyl (C=O) groups is 1. The Labute approximate surface area is 132 Å². The van der Waals surface area contributed by atoms with E-state index in [4.69, 9.17) is 0 Å². The molecule has 0 bridgehead atoms. The van der Waals surface area contributed by atoms with Crippen molar-refractivity contribution in [3.8, 4) is 5.69 Å². The van der Waals surface area contributed by atoms with Crippen LogP contribution in [-0.2, 0) is 7.05 Å². The molecule has 3 aromatic rings. The van der Waals surface area contributed by atoms with Gasteiger partial charge in [0.25, 0.3) is 5.91 Å². The topological polar surface area (TPSA) is 64.7 Å². The van der Waals surface area contributed by atoms with Crippen molar-refractivity contribution in [1.82, 2.24) is 19.6 Å². The molecule has 2 heterocycles. The van der Waals surface area contributed by atoms with Crippen LogP contribution in [-0.4, -0.2) is 25.5 Å². The number of hydrogen-bond donors (Lipinski definition) is 1. The van der Waals surface area contributed by atoms with Gasteiger partial charge in [-0.2, -0.15) is 10.2 Å². The number of aryl methyl sites for hydroxylation is 3. The van der Waals surface area contributed by atoms with Gasteiger partial charge in [0.05, 0.1) is 22.6 Å². The Kier molecular flexibility index (Phi) is 3.69. The van der Waals surface area contributed by atoms with E-state index in [0.717, 1.165) is 5.69 Å². The van der Waals surface area contributed by atoms with Gasteiger partial charge in [-0.15, -0.1) is 0 Å². The van der Waals surface area contributed by atoms with Crippen LogP contribution in [0.25, 0.3) is 5.69 Å². The van der Waals surface area contributed by atoms with Crippen molar-refractivity contribution in [3.05, 3.63) is 59.3 Å². The smallest absolute Gasteiger partial charge is 0.260 e. The highest BCUT2D eigenvalue weighted by atomic mass is 19.1. The number of benzene rings is 1. The fourth-order valence-electron chi connectivity index (χ4n) is 2.37. The zero-order valence-electron chi connectivity index (χ0n) is 13.0. The largest absolute Gasteiger partial charge is 0.306 e. The van der Waals surface area contributed by atoms with Crippen LogP contribution in [0.5, 0.6) is 0 Å². The van der Waals surface area contributed by atoms with Crippen molar-refractivity contribution in [2.45, 2.75) is 13.8 Å². The maximum atomic E-state index is 13.1. The number of carbonyl (C=O) groups excluding carboxylic acids is 1. The molecule has 0 saturated carbocycles. The number of hydrogen-bond acceptors (Lipinski definition) is 3. The highest BCUT2D eigenvalue weighted by Gasteiger charge is 2.16. The summed E-state index contributed by atoms with van der Waals surface area (Å²) >= 11 is 0. The van der Waals surface area contributed by atoms with E-state index in [9.17, 15) is 9.18 Å². The molecule has 0 atom stereocenters. The summed E-state index contributed by atoms with van der Waals surface area (Å²) in [5.41, 5.74) is 2.55. The molecule has 0 fully saturated rings. The second-order valence-corrected chi connectivity index (χ2v) is 5.32. The Hall–Kier alpha value is -2.96. The number of aromatic nitrogens is 4. The second kappa shape index (κ2) is 5.68. The van der Waals surface area contributed by atoms with Crippen LogP contribution in [0.2, 0.25) is 0 Å². The van der Waals surface area contributed by atoms with Crippen LogP contribution in [0.3, 0.4) is 0 Å². The summed E-state index contributed by atoms with van der Waals surface area (Å²) in [5.74, 6) is -0.0737. The van der Waals surface area contributed by atoms with Crippen LogP contribution in [0.1, 0.15) is 21.7 Å². The average Bonchev–Trinajstić information content (AvgIpc) is 3.02. The molecule has 2 aromatic heterocycles. The van der Waals surface area contributed by atoms with Crippen molar-refractivity contribution in [2.24, 2.45) is 7.05 Å². The molecule has 1 aromatic carbocycles. The number of nitrogens with zero attached hydrogens (tertiary/aromatic N) is 4. The second-order valence-electron chi connectivity index (χ2n) is 5.32. The predicted octanol–water partition coefficient (Wildman–Crippen LogP) is 2.61. The van der Waals surface area contributed by atoms with E-state index < -0.39 is 0 Å². The van der Waals surface area contributed by atoms with Gasteiger partial charge in [0.15, 0.2) is 0 Å². The minimum atomic E-state index is -0.325. The fourth-order valence-corrected chi connectivity index (χ4v) is 2.37. The minimum absolute atomic E-state index is 0.265. The normalized spacial score (nSPS) is 10.8. The molecule has 23 heavy (non-hydrogen) atoms. The first-order valence-corrected chi connectivity index (χ1v) is 7.08. The molecular formula is C16H16FN5O. The summed E-state index contributed by atoms with van der Waals surface area (Å²) in [5, 5.41) is 11.3. The van der Waals surface area contributed by atoms with E-state index in [1.807, 2.05) is 6.92 Å². The van der Waals surface area contributed by atoms with E-state index in [1.165, 1.54) is 12.1 Å². The SMILES string of the molecule is Cc1cc(NC(=O)c2cn(C)nc2C)n(-c2ccc(F)cc2)n1. The van der Waals surface area contributed by atoms with Gasteiger partial charge in [0, 0.05) is 19.3 Å². The molecule has 118 valence electrons. The van der Waals surface area contributed by atoms with E-state index in [2.05, 4.69) is 15.5 Å². The van der Waals surface area contributed by atoms with Gasteiger partial charge in [-0.25, -0.2) is 9.07 Å². The number of anilines is 1. The highest BCUT2D eigenvalue weighted by Crippen LogP contribution is 2.19. The average molecular weight is 313 g/mol. The molecule has 0 aliphatic rings. The zero-order chi connectivity index (χ0) is 16.6. The Bertz CT molecular complexity index is 863. The van der Waals surface area contributed by atoms with Gasteiger partial charge in [-0.05, 0) is 38.1 Å². The molecule has 1 amide bonds. The minimum Gasteiger partial charge on any atom is -0.306 e. The Morgan fingerprint density at radius 2 is 1.87 bits per heavy atom. The lowest BCUT2D eigenvalue weighted by Gasteiger charge is -2.08. The first-order valence-electron chi connectivity index (χ1n) is 7.08. The van der Waals surface area contributed by atoms with Crippen LogP contribution in [0.4, 0.5) is 10.2 Å². The van der Waals surface area contributed by atoms with Gasteiger partial charge >= 0.3 is 0 Å². The molecule has 0 saturated heterocycles. The van der Waals surface area contributed by atoms with Gasteiger partial charge in [-0.1, -0.05) is 0 Å². The summed E-state index contributed by atoms with van der Waals surface area (Å²) in [7, 11) is 1.76. The third-order valence-electron chi connectivity index (χ3n) is 3.40. The van der Waals surface area contributed by atoms with Gasteiger partial charge < -0.3 is 5.32 Å². The molecule has 0 aliphatic heterocycles. The van der Waals surface area contributed by atoms with Gasteiger partial charge in [-0.3, -0.25) is 9.48 Å². The number of amides is 1. The van der Waals surface area contributed by atoms with Crippen molar-refractivity contribution in [2.75, 3.05) is 5.32 Å². The van der Waals surface area contributed by atoms with Crippen LogP contribution >= 0.6 is 0 Å². The maximum Gasteiger partial charge on any atom is 0.260 e. The summed E-state index contributed by atoms with van der Waals surface area (Å²) in [4.78, 5) is 12.4. The number of halogens is 1. The Morgan fingerprint density at radius 3 is 2.48 bits per heavy atom. The lowest BCUT2D eigenvalue weighted by atomic mass is 10.2. The molecule has 0 radical (unpaired) electrons. The highest BCUT2D eigenvalue weighted by molar-refractivity contribution is 6.04. The third kappa shape index (κ3) is 2.98. The van der Waals surface area contributed by atoms with Crippen molar-refractivity contribution < 1.29 is 9.18 Å². The quantitative estimate of drug-likeness (QED) is 0.808. The molecule has 0 aliphatic carbocycles. The van der Waals surface area contributed by atoms with E-state index in [0.29, 0.717) is 22.8 Å². The van der Waals surface area contributed by atoms with Crippen molar-refractivity contribution in [3.63, 3.8) is 0 Å². The van der Waals surface area contributed by atoms with Crippen molar-refractivity contribution >= 4 is 11.7 Å². The fraction of sp³-hybridized carbons (Fsp3) is 0.188. The monoisotopic (exact) mass is 313 g/mol. The molecule has 0 spiro atoms. The zero-order valence-corrected chi connectivity index (χ0v) is 13.0. The summed E-state index contributed by atoms with van der Waals surface area (Å²) in [6.07, 6.45) is 1.66. The first kappa shape index (κ1) is 15.0. The van der Waals surface area contributed by atoms with E-state index in [-0.39, 0.29) is 11.7 Å². The molecule has 7 heteroatoms. The third-order valence-corrected chi connectivity index (χ3v) is 3.40. The van der Waals surface area contributed by atoms with E-state index >= 15 is 0 Å². The van der Waals surface area contributed by atoms with Gasteiger partial charge in [0.1, 0.15) is 11.6 Å². The molecular weight excluding hydrogens is 297 g/mol. The summed E-state index contributed by atoms with van der Waals surface area (Å²) in [6, 6.07) is 7.67. The van der Waals surface area contributed by atoms with Crippen LogP contribution in [0.15, 0.2) is 36.5 Å². The molecule has 3 rings (SSSR count). The summed E-state index contributed by atoms with van der Waals surface area (Å²) < 4.78 is 16.2. The number of nitrogens with one attached hydrogen (secondary N) is 1. The summed E-state index contributed by atoms with van der Waals surface area (Å²) in [6.45, 7) is 3.60. The van der Waals surface area contributed by atoms with Crippen LogP contribution in [0, 0.1) is 19.7 Å². The van der Waals surface area contributed by atoms with Crippen LogP contribution < -0.4 is 5.32 Å². The molecule has 6 nitrogen and oxygen atoms in total. The predicted molar refractivity (Wildman–Crippen MR) is 84.2 cm³/mol. The Morgan fingerprint density at radius 1 is 1.17 bits per heavy atom. The standard InChI is InChI=1S/C16H16FN5O/c1-10-8-15(18-16(23)14-9-21(3)20-11(14)2)22(19-10)13-6-4-12(17)5-7-13/h4-9H,1-3H3,(H,18,23). The maximum absolute atomic E-state index is 13.1. The lowest BCUT2D eigenvalue weighted by Crippen LogP contribution is -2.15. The first-order chi connectivity index (χ1) is 10.9. The molecule has 0 unspecified atom stereocenters. The number of rotatable bonds is 3. The van der Waals surface area contributed by atoms with Gasteiger partial charge in [0.2, 0.25) is 0 Å². The Balaban J connectivity index is 1.93. The lowest BCUT2D eigenvalue weighted by molar-refractivity contribution is 0.102. The van der Waals surface area contributed by atoms with Crippen molar-refractivity contribution in [1.29, 1.82) is 0 Å².